The normalized spacial score (nSPS) is 23.5. The van der Waals surface area contributed by atoms with E-state index in [0.717, 1.165) is 0 Å². The summed E-state index contributed by atoms with van der Waals surface area (Å²) in [7, 11) is 0. The molecule has 0 saturated carbocycles. The van der Waals surface area contributed by atoms with Gasteiger partial charge in [-0.25, -0.2) is 0 Å². The molecule has 2 N–H and O–H groups in total. The summed E-state index contributed by atoms with van der Waals surface area (Å²) in [5.74, 6) is 0. The molecule has 98 valence electrons. The molecule has 0 aliphatic rings. The van der Waals surface area contributed by atoms with Gasteiger partial charge in [0, 0.05) is 0 Å². The van der Waals surface area contributed by atoms with Gasteiger partial charge in [-0.05, 0) is 0 Å². The second-order valence-electron chi connectivity index (χ2n) is 7.76. The van der Waals surface area contributed by atoms with E-state index in [1.165, 1.54) is 28.9 Å². The third kappa shape index (κ3) is 1.29. The molecule has 0 heterocycles. The first-order valence-corrected chi connectivity index (χ1v) is 23.7. The molecule has 0 aliphatic heterocycles. The van der Waals surface area contributed by atoms with E-state index in [2.05, 4.69) is 46.9 Å². The summed E-state index contributed by atoms with van der Waals surface area (Å²) in [5, 5.41) is 2.56. The van der Waals surface area contributed by atoms with Crippen LogP contribution in [0.15, 0.2) is 0 Å². The van der Waals surface area contributed by atoms with Gasteiger partial charge < -0.3 is 0 Å². The molecule has 15 heavy (non-hydrogen) atoms. The van der Waals surface area contributed by atoms with Gasteiger partial charge in [-0.1, -0.05) is 0 Å². The molecule has 0 fully saturated rings. The Bertz CT molecular complexity index is 239. The topological polar surface area (TPSA) is 26.0 Å². The maximum absolute atomic E-state index is 7.59. The molecule has 0 aromatic rings. The number of hydrogen-bond acceptors (Lipinski definition) is 1. The van der Waals surface area contributed by atoms with Crippen molar-refractivity contribution in [2.75, 3.05) is 0 Å². The van der Waals surface area contributed by atoms with Crippen LogP contribution in [0.5, 0.6) is 0 Å². The Morgan fingerprint density at radius 2 is 0.733 bits per heavy atom. The molecule has 0 spiro atoms. The van der Waals surface area contributed by atoms with Gasteiger partial charge >= 0.3 is 91.3 Å². The van der Waals surface area contributed by atoms with E-state index in [4.69, 9.17) is 4.29 Å². The van der Waals surface area contributed by atoms with Crippen LogP contribution in [0, 0.1) is 0 Å². The molecule has 1 nitrogen and oxygen atoms in total. The fourth-order valence-electron chi connectivity index (χ4n) is 3.06. The Hall–Kier alpha value is 0.648. The Kier molecular flexibility index (Phi) is 2.37. The molecule has 0 bridgehead atoms. The van der Waals surface area contributed by atoms with Crippen LogP contribution < -0.4 is 4.29 Å². The van der Waals surface area contributed by atoms with Crippen LogP contribution in [0.3, 0.4) is 0 Å². The van der Waals surface area contributed by atoms with Gasteiger partial charge in [0.05, 0.1) is 0 Å². The standard InChI is InChI=1S/6C2H5.CH3.H2N.W/c6*1-2;;;/h6*1H2,2H3;1H3;1H2;/q;;;;;;;-1;+1. The van der Waals surface area contributed by atoms with Crippen molar-refractivity contribution in [1.82, 2.24) is 0 Å². The molecule has 0 amide bonds. The van der Waals surface area contributed by atoms with Gasteiger partial charge in [0.2, 0.25) is 0 Å². The zero-order valence-corrected chi connectivity index (χ0v) is 15.2. The van der Waals surface area contributed by atoms with Gasteiger partial charge in [0.1, 0.15) is 0 Å². The van der Waals surface area contributed by atoms with E-state index < -0.39 is 11.3 Å². The molecule has 0 radical (unpaired) electrons. The Morgan fingerprint density at radius 3 is 0.733 bits per heavy atom. The summed E-state index contributed by atoms with van der Waals surface area (Å²) in [6, 6.07) is 0. The first kappa shape index (κ1) is 15.6. The second-order valence-corrected chi connectivity index (χ2v) is 63.5. The summed E-state index contributed by atoms with van der Waals surface area (Å²) in [6.07, 6.45) is 0. The fraction of sp³-hybridized carbons (Fsp3) is 1.00. The zero-order chi connectivity index (χ0) is 12.6. The predicted octanol–water partition coefficient (Wildman–Crippen LogP) is 5.83. The van der Waals surface area contributed by atoms with E-state index in [-0.39, 0.29) is 0 Å². The molecule has 0 rings (SSSR count). The van der Waals surface area contributed by atoms with E-state index >= 15 is 0 Å². The summed E-state index contributed by atoms with van der Waals surface area (Å²) in [4.78, 5) is 7.25. The van der Waals surface area contributed by atoms with Crippen molar-refractivity contribution in [2.24, 2.45) is 4.29 Å². The molecule has 0 unspecified atom stereocenters. The Balaban J connectivity index is 6.74. The molecular formula is C13H35NW. The summed E-state index contributed by atoms with van der Waals surface area (Å²) in [5.41, 5.74) is 0. The van der Waals surface area contributed by atoms with Crippen LogP contribution in [0.4, 0.5) is 0 Å². The number of hydrogen-bond donors (Lipinski definition) is 1. The van der Waals surface area contributed by atoms with Crippen molar-refractivity contribution in [1.29, 1.82) is 0 Å². The average molecular weight is 389 g/mol. The number of nitrogens with two attached hydrogens (primary N) is 1. The van der Waals surface area contributed by atoms with E-state index in [1.807, 2.05) is 0 Å². The SMILES string of the molecule is C[CH2][W]([CH3])([NH2])([CH2]C)([CH2]C)([CH2]C)([CH2]C)[CH2]C. The first-order valence-electron chi connectivity index (χ1n) is 6.62. The van der Waals surface area contributed by atoms with Crippen LogP contribution >= 0.6 is 0 Å². The van der Waals surface area contributed by atoms with Crippen LogP contribution in [0.2, 0.25) is 34.2 Å². The minimum absolute atomic E-state index is 1.21. The summed E-state index contributed by atoms with van der Waals surface area (Å²) in [6.45, 7) is 14.1. The van der Waals surface area contributed by atoms with Gasteiger partial charge in [0.15, 0.2) is 0 Å². The fourth-order valence-corrected chi connectivity index (χ4v) is 25.1. The molecule has 0 aromatic heterocycles. The van der Waals surface area contributed by atoms with Crippen molar-refractivity contribution < 1.29 is 11.3 Å². The van der Waals surface area contributed by atoms with Gasteiger partial charge in [0.25, 0.3) is 0 Å². The van der Waals surface area contributed by atoms with Crippen LogP contribution in [0.25, 0.3) is 0 Å². The summed E-state index contributed by atoms with van der Waals surface area (Å²) >= 11 is -4.32. The van der Waals surface area contributed by atoms with Crippen molar-refractivity contribution >= 4 is 0 Å². The van der Waals surface area contributed by atoms with Crippen molar-refractivity contribution in [3.63, 3.8) is 0 Å². The maximum atomic E-state index is 7.59. The summed E-state index contributed by atoms with van der Waals surface area (Å²) < 4.78 is 7.59. The van der Waals surface area contributed by atoms with Crippen molar-refractivity contribution in [3.8, 4) is 0 Å². The molecular weight excluding hydrogens is 354 g/mol. The van der Waals surface area contributed by atoms with Gasteiger partial charge in [-0.2, -0.15) is 0 Å². The van der Waals surface area contributed by atoms with E-state index in [9.17, 15) is 0 Å². The Morgan fingerprint density at radius 1 is 0.600 bits per heavy atom. The van der Waals surface area contributed by atoms with Crippen LogP contribution in [-0.4, -0.2) is 0 Å². The predicted molar refractivity (Wildman–Crippen MR) is 72.9 cm³/mol. The van der Waals surface area contributed by atoms with Crippen molar-refractivity contribution in [2.45, 2.75) is 75.7 Å². The molecule has 0 aromatic carbocycles. The minimum atomic E-state index is -4.32. The first-order chi connectivity index (χ1) is 6.45. The monoisotopic (exact) mass is 389 g/mol. The van der Waals surface area contributed by atoms with Crippen molar-refractivity contribution in [3.05, 3.63) is 0 Å². The van der Waals surface area contributed by atoms with Gasteiger partial charge in [-0.3, -0.25) is 0 Å². The number of rotatable bonds is 6. The second kappa shape index (κ2) is 2.27. The Labute approximate surface area is 91.3 Å². The zero-order valence-electron chi connectivity index (χ0n) is 12.2. The third-order valence-corrected chi connectivity index (χ3v) is 72.5. The van der Waals surface area contributed by atoms with E-state index in [1.54, 1.807) is 0 Å². The molecule has 2 heteroatoms. The molecule has 0 aliphatic carbocycles. The average Bonchev–Trinajstić information content (AvgIpc) is 2.33. The van der Waals surface area contributed by atoms with E-state index in [0.29, 0.717) is 0 Å². The van der Waals surface area contributed by atoms with Gasteiger partial charge in [-0.15, -0.1) is 0 Å². The molecule has 0 saturated heterocycles. The van der Waals surface area contributed by atoms with Crippen LogP contribution in [-0.2, 0) is 11.3 Å². The van der Waals surface area contributed by atoms with Crippen LogP contribution in [0.1, 0.15) is 41.5 Å². The quantitative estimate of drug-likeness (QED) is 0.607. The third-order valence-electron chi connectivity index (χ3n) is 8.86. The molecule has 0 atom stereocenters.